The van der Waals surface area contributed by atoms with E-state index >= 15 is 0 Å². The van der Waals surface area contributed by atoms with E-state index in [9.17, 15) is 9.59 Å². The Bertz CT molecular complexity index is 1030. The standard InChI is InChI=1S/C17H21N5O2S/c1-10-6-4-5-7-20(10)13(23)8-22-17(24)21-9-18-16-14(15(21)19-22)11(2)12(3)25-16/h9-10H,4-8H2,1-3H3/t10-/m0/s1. The van der Waals surface area contributed by atoms with E-state index in [0.717, 1.165) is 46.5 Å². The van der Waals surface area contributed by atoms with Gasteiger partial charge in [-0.25, -0.2) is 18.9 Å². The fourth-order valence-corrected chi connectivity index (χ4v) is 4.55. The van der Waals surface area contributed by atoms with Crippen LogP contribution in [0.1, 0.15) is 36.6 Å². The van der Waals surface area contributed by atoms with Gasteiger partial charge in [0.15, 0.2) is 5.65 Å². The minimum Gasteiger partial charge on any atom is -0.338 e. The second-order valence-corrected chi connectivity index (χ2v) is 7.98. The van der Waals surface area contributed by atoms with Crippen LogP contribution in [0.2, 0.25) is 0 Å². The number of piperidine rings is 1. The zero-order chi connectivity index (χ0) is 17.7. The van der Waals surface area contributed by atoms with Crippen LogP contribution in [0.25, 0.3) is 15.9 Å². The quantitative estimate of drug-likeness (QED) is 0.703. The van der Waals surface area contributed by atoms with E-state index in [-0.39, 0.29) is 24.2 Å². The van der Waals surface area contributed by atoms with Gasteiger partial charge in [0.05, 0.1) is 5.39 Å². The highest BCUT2D eigenvalue weighted by molar-refractivity contribution is 7.18. The number of carbonyl (C=O) groups excluding carboxylic acids is 1. The molecule has 1 aliphatic heterocycles. The molecule has 0 N–H and O–H groups in total. The maximum absolute atomic E-state index is 12.6. The number of hydrogen-bond acceptors (Lipinski definition) is 5. The molecule has 3 aromatic rings. The maximum atomic E-state index is 12.6. The van der Waals surface area contributed by atoms with E-state index in [1.165, 1.54) is 15.4 Å². The molecule has 0 radical (unpaired) electrons. The lowest BCUT2D eigenvalue weighted by molar-refractivity contribution is -0.135. The molecule has 0 aromatic carbocycles. The zero-order valence-electron chi connectivity index (χ0n) is 14.7. The number of aryl methyl sites for hydroxylation is 2. The monoisotopic (exact) mass is 359 g/mol. The number of fused-ring (bicyclic) bond motifs is 3. The molecule has 132 valence electrons. The van der Waals surface area contributed by atoms with Gasteiger partial charge in [-0.15, -0.1) is 16.4 Å². The van der Waals surface area contributed by atoms with Gasteiger partial charge in [0, 0.05) is 17.5 Å². The largest absolute Gasteiger partial charge is 0.352 e. The summed E-state index contributed by atoms with van der Waals surface area (Å²) >= 11 is 1.59. The number of rotatable bonds is 2. The van der Waals surface area contributed by atoms with Crippen molar-refractivity contribution in [3.05, 3.63) is 27.3 Å². The average molecular weight is 359 g/mol. The van der Waals surface area contributed by atoms with E-state index < -0.39 is 0 Å². The van der Waals surface area contributed by atoms with Crippen molar-refractivity contribution in [2.24, 2.45) is 0 Å². The van der Waals surface area contributed by atoms with Crippen LogP contribution in [0.4, 0.5) is 0 Å². The maximum Gasteiger partial charge on any atom is 0.352 e. The summed E-state index contributed by atoms with van der Waals surface area (Å²) in [7, 11) is 0. The normalized spacial score (nSPS) is 18.4. The van der Waals surface area contributed by atoms with Crippen molar-refractivity contribution in [1.29, 1.82) is 0 Å². The number of nitrogens with zero attached hydrogens (tertiary/aromatic N) is 5. The summed E-state index contributed by atoms with van der Waals surface area (Å²) in [5.74, 6) is -0.0415. The van der Waals surface area contributed by atoms with E-state index in [1.54, 1.807) is 11.3 Å². The van der Waals surface area contributed by atoms with Crippen molar-refractivity contribution in [3.8, 4) is 0 Å². The van der Waals surface area contributed by atoms with Crippen LogP contribution in [0.15, 0.2) is 11.1 Å². The van der Waals surface area contributed by atoms with Gasteiger partial charge in [-0.05, 0) is 45.6 Å². The minimum atomic E-state index is -0.314. The van der Waals surface area contributed by atoms with Gasteiger partial charge in [0.2, 0.25) is 5.91 Å². The molecule has 0 saturated carbocycles. The Morgan fingerprint density at radius 3 is 2.92 bits per heavy atom. The summed E-state index contributed by atoms with van der Waals surface area (Å²) in [5.41, 5.74) is 1.35. The molecule has 0 unspecified atom stereocenters. The van der Waals surface area contributed by atoms with Crippen LogP contribution in [-0.2, 0) is 11.3 Å². The van der Waals surface area contributed by atoms with Gasteiger partial charge in [-0.2, -0.15) is 0 Å². The van der Waals surface area contributed by atoms with Gasteiger partial charge >= 0.3 is 5.69 Å². The lowest BCUT2D eigenvalue weighted by atomic mass is 10.0. The Morgan fingerprint density at radius 2 is 2.16 bits per heavy atom. The summed E-state index contributed by atoms with van der Waals surface area (Å²) in [5, 5.41) is 5.36. The van der Waals surface area contributed by atoms with E-state index in [1.807, 2.05) is 18.7 Å². The van der Waals surface area contributed by atoms with Gasteiger partial charge in [0.25, 0.3) is 0 Å². The van der Waals surface area contributed by atoms with Crippen LogP contribution >= 0.6 is 11.3 Å². The smallest absolute Gasteiger partial charge is 0.338 e. The third-order valence-electron chi connectivity index (χ3n) is 5.16. The first-order chi connectivity index (χ1) is 12.0. The molecule has 1 amide bonds. The van der Waals surface area contributed by atoms with Crippen molar-refractivity contribution >= 4 is 33.1 Å². The molecule has 0 spiro atoms. The Labute approximate surface area is 148 Å². The fourth-order valence-electron chi connectivity index (χ4n) is 3.56. The number of likely N-dealkylation sites (tertiary alicyclic amines) is 1. The Morgan fingerprint density at radius 1 is 1.36 bits per heavy atom. The third-order valence-corrected chi connectivity index (χ3v) is 6.27. The van der Waals surface area contributed by atoms with E-state index in [4.69, 9.17) is 0 Å². The van der Waals surface area contributed by atoms with Crippen molar-refractivity contribution in [2.75, 3.05) is 6.54 Å². The summed E-state index contributed by atoms with van der Waals surface area (Å²) in [6, 6.07) is 0.226. The minimum absolute atomic E-state index is 0.0193. The molecule has 4 rings (SSSR count). The first-order valence-corrected chi connectivity index (χ1v) is 9.42. The molecule has 1 fully saturated rings. The van der Waals surface area contributed by atoms with Gasteiger partial charge in [-0.3, -0.25) is 4.79 Å². The third kappa shape index (κ3) is 2.55. The molecule has 3 aromatic heterocycles. The molecule has 4 heterocycles. The fraction of sp³-hybridized carbons (Fsp3) is 0.529. The van der Waals surface area contributed by atoms with E-state index in [2.05, 4.69) is 17.0 Å². The number of aromatic nitrogens is 4. The molecule has 25 heavy (non-hydrogen) atoms. The lowest BCUT2D eigenvalue weighted by Crippen LogP contribution is -2.44. The van der Waals surface area contributed by atoms with Gasteiger partial charge in [0.1, 0.15) is 17.7 Å². The average Bonchev–Trinajstić information content (AvgIpc) is 3.05. The SMILES string of the molecule is Cc1sc2ncn3c(=O)n(CC(=O)N4CCCC[C@@H]4C)nc3c2c1C. The van der Waals surface area contributed by atoms with Gasteiger partial charge in [-0.1, -0.05) is 0 Å². The molecule has 1 saturated heterocycles. The van der Waals surface area contributed by atoms with Crippen LogP contribution in [0.3, 0.4) is 0 Å². The number of hydrogen-bond donors (Lipinski definition) is 0. The first-order valence-electron chi connectivity index (χ1n) is 8.60. The van der Waals surface area contributed by atoms with Crippen LogP contribution in [0, 0.1) is 13.8 Å². The molecule has 8 heteroatoms. The topological polar surface area (TPSA) is 72.5 Å². The molecular weight excluding hydrogens is 338 g/mol. The van der Waals surface area contributed by atoms with Crippen molar-refractivity contribution in [3.63, 3.8) is 0 Å². The number of carbonyl (C=O) groups is 1. The predicted molar refractivity (Wildman–Crippen MR) is 97.1 cm³/mol. The van der Waals surface area contributed by atoms with Gasteiger partial charge < -0.3 is 4.90 Å². The van der Waals surface area contributed by atoms with Crippen molar-refractivity contribution in [2.45, 2.75) is 52.6 Å². The highest BCUT2D eigenvalue weighted by Crippen LogP contribution is 2.30. The Balaban J connectivity index is 1.75. The second kappa shape index (κ2) is 5.94. The van der Waals surface area contributed by atoms with Crippen LogP contribution < -0.4 is 5.69 Å². The predicted octanol–water partition coefficient (Wildman–Crippen LogP) is 2.12. The molecular formula is C17H21N5O2S. The summed E-state index contributed by atoms with van der Waals surface area (Å²) < 4.78 is 2.71. The van der Waals surface area contributed by atoms with Crippen molar-refractivity contribution in [1.82, 2.24) is 24.1 Å². The number of thiophene rings is 1. The summed E-state index contributed by atoms with van der Waals surface area (Å²) in [4.78, 5) is 33.6. The second-order valence-electron chi connectivity index (χ2n) is 6.77. The highest BCUT2D eigenvalue weighted by atomic mass is 32.1. The molecule has 0 bridgehead atoms. The zero-order valence-corrected chi connectivity index (χ0v) is 15.5. The Kier molecular flexibility index (Phi) is 3.87. The molecule has 7 nitrogen and oxygen atoms in total. The lowest BCUT2D eigenvalue weighted by Gasteiger charge is -2.33. The Hall–Kier alpha value is -2.22. The first kappa shape index (κ1) is 16.3. The van der Waals surface area contributed by atoms with E-state index in [0.29, 0.717) is 5.65 Å². The summed E-state index contributed by atoms with van der Waals surface area (Å²) in [6.07, 6.45) is 4.70. The molecule has 1 aliphatic rings. The van der Waals surface area contributed by atoms with Crippen LogP contribution in [0.5, 0.6) is 0 Å². The highest BCUT2D eigenvalue weighted by Gasteiger charge is 2.25. The number of amides is 1. The summed E-state index contributed by atoms with van der Waals surface area (Å²) in [6.45, 7) is 6.86. The van der Waals surface area contributed by atoms with Crippen LogP contribution in [-0.4, -0.2) is 42.6 Å². The molecule has 0 aliphatic carbocycles. The molecule has 1 atom stereocenters. The van der Waals surface area contributed by atoms with Crippen molar-refractivity contribution < 1.29 is 4.79 Å².